The number of fused-ring (bicyclic) bond motifs is 4. The van der Waals surface area contributed by atoms with E-state index in [4.69, 9.17) is 4.74 Å². The first-order valence-corrected chi connectivity index (χ1v) is 12.7. The number of Topliss-reactive ketones (excluding diaryl/α,β-unsaturated/α-hetero) is 1. The van der Waals surface area contributed by atoms with Crippen LogP contribution >= 0.6 is 0 Å². The van der Waals surface area contributed by atoms with E-state index in [0.717, 1.165) is 5.56 Å². The average molecular weight is 459 g/mol. The van der Waals surface area contributed by atoms with Gasteiger partial charge >= 0.3 is 0 Å². The molecular weight excluding hydrogens is 440 g/mol. The van der Waals surface area contributed by atoms with Crippen molar-refractivity contribution in [1.82, 2.24) is 0 Å². The lowest BCUT2D eigenvalue weighted by Gasteiger charge is -2.23. The summed E-state index contributed by atoms with van der Waals surface area (Å²) in [6, 6.07) is 27.1. The maximum atomic E-state index is 12.7. The molecule has 10 rings (SSSR count). The van der Waals surface area contributed by atoms with E-state index in [1.54, 1.807) is 0 Å². The zero-order valence-electron chi connectivity index (χ0n) is 19.4. The van der Waals surface area contributed by atoms with E-state index in [1.807, 2.05) is 0 Å². The highest BCUT2D eigenvalue weighted by atomic mass is 16.5. The fraction of sp³-hybridized carbons (Fsp3) is 0.0882. The number of carbonyl (C=O) groups excluding carboxylic acids is 1. The molecule has 1 aliphatic heterocycles. The molecule has 0 N–H and O–H groups in total. The third-order valence-corrected chi connectivity index (χ3v) is 9.07. The Morgan fingerprint density at radius 3 is 1.33 bits per heavy atom. The van der Waals surface area contributed by atoms with Gasteiger partial charge in [-0.05, 0) is 92.1 Å². The molecule has 0 amide bonds. The van der Waals surface area contributed by atoms with Gasteiger partial charge < -0.3 is 4.74 Å². The molecular formula is C34H18O2. The highest BCUT2D eigenvalue weighted by Gasteiger charge is 2.26. The second-order valence-electron chi connectivity index (χ2n) is 10.6. The Hall–Kier alpha value is -4.27. The summed E-state index contributed by atoms with van der Waals surface area (Å²) in [6.45, 7) is 1.36. The van der Waals surface area contributed by atoms with E-state index >= 15 is 0 Å². The van der Waals surface area contributed by atoms with Crippen LogP contribution in [0.5, 0.6) is 0 Å². The molecule has 0 fully saturated rings. The van der Waals surface area contributed by atoms with E-state index in [1.165, 1.54) is 92.1 Å². The summed E-state index contributed by atoms with van der Waals surface area (Å²) >= 11 is 0. The molecule has 1 aliphatic carbocycles. The van der Waals surface area contributed by atoms with Gasteiger partial charge in [0.1, 0.15) is 0 Å². The summed E-state index contributed by atoms with van der Waals surface area (Å²) in [5, 5.41) is 18.2. The van der Waals surface area contributed by atoms with Crippen molar-refractivity contribution in [1.29, 1.82) is 0 Å². The van der Waals surface area contributed by atoms with Crippen molar-refractivity contribution in [3.8, 4) is 0 Å². The van der Waals surface area contributed by atoms with Gasteiger partial charge in [0, 0.05) is 12.0 Å². The number of ether oxygens (including phenoxy) is 1. The maximum Gasteiger partial charge on any atom is 0.167 e. The van der Waals surface area contributed by atoms with Crippen molar-refractivity contribution in [3.63, 3.8) is 0 Å². The summed E-state index contributed by atoms with van der Waals surface area (Å²) in [4.78, 5) is 12.7. The molecule has 0 atom stereocenters. The summed E-state index contributed by atoms with van der Waals surface area (Å²) in [5.74, 6) is 0.242. The van der Waals surface area contributed by atoms with Crippen LogP contribution in [0.1, 0.15) is 27.0 Å². The lowest BCUT2D eigenvalue weighted by molar-refractivity contribution is 0.1000. The standard InChI is InChI=1S/C34H18O2/c35-28-13-16-1-4-21-25-9-7-23-19-5-2-17-14-36-15-18-3-6-20(31(19)29(17)18)24-8-10-26(34(25)33(23)24)22-11-12-27(28)30(16)32(21)22/h1-12H,13-15H2. The quantitative estimate of drug-likeness (QED) is 0.168. The van der Waals surface area contributed by atoms with Crippen LogP contribution in [0.4, 0.5) is 0 Å². The molecule has 8 aromatic carbocycles. The third kappa shape index (κ3) is 1.83. The topological polar surface area (TPSA) is 26.3 Å². The zero-order valence-corrected chi connectivity index (χ0v) is 19.4. The number of carbonyl (C=O) groups is 1. The van der Waals surface area contributed by atoms with Crippen LogP contribution in [0.15, 0.2) is 72.8 Å². The molecule has 0 saturated carbocycles. The molecule has 166 valence electrons. The smallest absolute Gasteiger partial charge is 0.167 e. The minimum absolute atomic E-state index is 0.242. The summed E-state index contributed by atoms with van der Waals surface area (Å²) in [7, 11) is 0. The van der Waals surface area contributed by atoms with Crippen molar-refractivity contribution in [2.75, 3.05) is 0 Å². The second-order valence-corrected chi connectivity index (χ2v) is 10.6. The van der Waals surface area contributed by atoms with E-state index in [0.29, 0.717) is 19.6 Å². The van der Waals surface area contributed by atoms with Crippen LogP contribution in [-0.4, -0.2) is 5.78 Å². The predicted molar refractivity (Wildman–Crippen MR) is 148 cm³/mol. The van der Waals surface area contributed by atoms with Gasteiger partial charge in [0.15, 0.2) is 5.78 Å². The monoisotopic (exact) mass is 458 g/mol. The van der Waals surface area contributed by atoms with E-state index in [2.05, 4.69) is 72.8 Å². The van der Waals surface area contributed by atoms with Gasteiger partial charge in [-0.15, -0.1) is 0 Å². The highest BCUT2D eigenvalue weighted by Crippen LogP contribution is 2.49. The lowest BCUT2D eigenvalue weighted by atomic mass is 9.82. The van der Waals surface area contributed by atoms with E-state index in [9.17, 15) is 4.79 Å². The number of ketones is 1. The van der Waals surface area contributed by atoms with E-state index in [-0.39, 0.29) is 5.78 Å². The molecule has 0 radical (unpaired) electrons. The van der Waals surface area contributed by atoms with Crippen molar-refractivity contribution in [3.05, 3.63) is 95.1 Å². The van der Waals surface area contributed by atoms with Gasteiger partial charge in [0.2, 0.25) is 0 Å². The molecule has 2 heteroatoms. The van der Waals surface area contributed by atoms with Crippen molar-refractivity contribution in [2.24, 2.45) is 0 Å². The molecule has 8 aromatic rings. The van der Waals surface area contributed by atoms with Gasteiger partial charge in [-0.25, -0.2) is 0 Å². The van der Waals surface area contributed by atoms with Crippen LogP contribution in [0.2, 0.25) is 0 Å². The maximum absolute atomic E-state index is 12.7. The largest absolute Gasteiger partial charge is 0.372 e. The lowest BCUT2D eigenvalue weighted by Crippen LogP contribution is -2.04. The Morgan fingerprint density at radius 1 is 0.417 bits per heavy atom. The fourth-order valence-electron chi connectivity index (χ4n) is 7.66. The predicted octanol–water partition coefficient (Wildman–Crippen LogP) is 8.40. The second kappa shape index (κ2) is 5.75. The van der Waals surface area contributed by atoms with Crippen LogP contribution < -0.4 is 0 Å². The number of rotatable bonds is 0. The first kappa shape index (κ1) is 18.1. The number of hydrogen-bond acceptors (Lipinski definition) is 2. The summed E-state index contributed by atoms with van der Waals surface area (Å²) < 4.78 is 5.87. The molecule has 2 aliphatic rings. The van der Waals surface area contributed by atoms with Gasteiger partial charge in [-0.3, -0.25) is 4.79 Å². The Bertz CT molecular complexity index is 2210. The molecule has 2 nitrogen and oxygen atoms in total. The average Bonchev–Trinajstić information content (AvgIpc) is 3.26. The van der Waals surface area contributed by atoms with Gasteiger partial charge in [0.05, 0.1) is 13.2 Å². The first-order valence-electron chi connectivity index (χ1n) is 12.7. The van der Waals surface area contributed by atoms with Gasteiger partial charge in [-0.2, -0.15) is 0 Å². The SMILES string of the molecule is O=C1Cc2ccc3c4ccc5c6ccc7c8c(ccc(c9ccc(c%10ccc1c2c3%10)c4c59)c86)COC7. The minimum atomic E-state index is 0.242. The minimum Gasteiger partial charge on any atom is -0.372 e. The molecule has 0 bridgehead atoms. The van der Waals surface area contributed by atoms with E-state index < -0.39 is 0 Å². The third-order valence-electron chi connectivity index (χ3n) is 9.07. The molecule has 0 spiro atoms. The van der Waals surface area contributed by atoms with Gasteiger partial charge in [0.25, 0.3) is 0 Å². The number of hydrogen-bond donors (Lipinski definition) is 0. The Labute approximate surface area is 205 Å². The first-order chi connectivity index (χ1) is 17.8. The Kier molecular flexibility index (Phi) is 2.88. The molecule has 0 saturated heterocycles. The summed E-state index contributed by atoms with van der Waals surface area (Å²) in [6.07, 6.45) is 0.519. The van der Waals surface area contributed by atoms with Gasteiger partial charge in [-0.1, -0.05) is 72.8 Å². The van der Waals surface area contributed by atoms with Crippen LogP contribution in [0, 0.1) is 0 Å². The molecule has 0 aromatic heterocycles. The van der Waals surface area contributed by atoms with Crippen molar-refractivity contribution in [2.45, 2.75) is 19.6 Å². The molecule has 0 unspecified atom stereocenters. The van der Waals surface area contributed by atoms with Crippen molar-refractivity contribution >= 4 is 81.2 Å². The Balaban J connectivity index is 1.51. The summed E-state index contributed by atoms with van der Waals surface area (Å²) in [5.41, 5.74) is 4.64. The molecule has 36 heavy (non-hydrogen) atoms. The Morgan fingerprint density at radius 2 is 0.806 bits per heavy atom. The molecule has 1 heterocycles. The van der Waals surface area contributed by atoms with Crippen molar-refractivity contribution < 1.29 is 9.53 Å². The highest BCUT2D eigenvalue weighted by molar-refractivity contribution is 6.43. The normalized spacial score (nSPS) is 15.4. The zero-order chi connectivity index (χ0) is 23.3. The van der Waals surface area contributed by atoms with Crippen LogP contribution in [0.25, 0.3) is 75.4 Å². The van der Waals surface area contributed by atoms with Crippen LogP contribution in [0.3, 0.4) is 0 Å². The van der Waals surface area contributed by atoms with Crippen LogP contribution in [-0.2, 0) is 24.4 Å². The fourth-order valence-corrected chi connectivity index (χ4v) is 7.66. The number of benzene rings is 8.